The first-order valence-electron chi connectivity index (χ1n) is 8.92. The van der Waals surface area contributed by atoms with Crippen LogP contribution in [0.4, 0.5) is 4.79 Å². The van der Waals surface area contributed by atoms with Crippen molar-refractivity contribution in [2.75, 3.05) is 26.2 Å². The van der Waals surface area contributed by atoms with Crippen LogP contribution in [-0.2, 0) is 6.54 Å². The molecule has 2 N–H and O–H groups in total. The zero-order valence-electron chi connectivity index (χ0n) is 15.1. The summed E-state index contributed by atoms with van der Waals surface area (Å²) in [6, 6.07) is 5.33. The van der Waals surface area contributed by atoms with Crippen LogP contribution in [0.2, 0.25) is 0 Å². The van der Waals surface area contributed by atoms with Crippen LogP contribution < -0.4 is 10.00 Å². The quantitative estimate of drug-likeness (QED) is 0.576. The van der Waals surface area contributed by atoms with Gasteiger partial charge in [-0.3, -0.25) is 4.79 Å². The average molecular weight is 398 g/mol. The predicted molar refractivity (Wildman–Crippen MR) is 102 cm³/mol. The van der Waals surface area contributed by atoms with Gasteiger partial charge in [0, 0.05) is 50.0 Å². The molecule has 0 saturated carbocycles. The Balaban J connectivity index is 1.49. The van der Waals surface area contributed by atoms with Gasteiger partial charge in [-0.25, -0.2) is 14.9 Å². The lowest BCUT2D eigenvalue weighted by Crippen LogP contribution is -2.39. The summed E-state index contributed by atoms with van der Waals surface area (Å²) in [5, 5.41) is 8.53. The van der Waals surface area contributed by atoms with Crippen molar-refractivity contribution in [3.05, 3.63) is 58.9 Å². The molecule has 1 aliphatic rings. The summed E-state index contributed by atoms with van der Waals surface area (Å²) >= 11 is 1.50. The van der Waals surface area contributed by atoms with Gasteiger partial charge in [-0.05, 0) is 17.1 Å². The third kappa shape index (κ3) is 4.01. The zero-order chi connectivity index (χ0) is 19.3. The molecule has 1 saturated heterocycles. The molecule has 28 heavy (non-hydrogen) atoms. The first-order valence-corrected chi connectivity index (χ1v) is 9.80. The van der Waals surface area contributed by atoms with E-state index in [9.17, 15) is 9.59 Å². The molecular formula is C18H20N7O2S+. The van der Waals surface area contributed by atoms with Crippen molar-refractivity contribution in [2.24, 2.45) is 0 Å². The molecule has 10 heteroatoms. The van der Waals surface area contributed by atoms with Crippen LogP contribution in [0.1, 0.15) is 15.4 Å². The maximum absolute atomic E-state index is 13.1. The molecule has 0 aromatic carbocycles. The third-order valence-electron chi connectivity index (χ3n) is 4.47. The van der Waals surface area contributed by atoms with Gasteiger partial charge in [0.15, 0.2) is 6.20 Å². The highest BCUT2D eigenvalue weighted by Gasteiger charge is 2.24. The Hall–Kier alpha value is -3.27. The Labute approximate surface area is 165 Å². The van der Waals surface area contributed by atoms with Gasteiger partial charge >= 0.3 is 11.8 Å². The maximum atomic E-state index is 13.1. The summed E-state index contributed by atoms with van der Waals surface area (Å²) < 4.78 is 1.76. The topological polar surface area (TPSA) is 98.1 Å². The van der Waals surface area contributed by atoms with Crippen LogP contribution in [0.3, 0.4) is 0 Å². The van der Waals surface area contributed by atoms with Crippen molar-refractivity contribution < 1.29 is 14.3 Å². The number of rotatable bonds is 7. The van der Waals surface area contributed by atoms with E-state index in [0.717, 1.165) is 5.01 Å². The van der Waals surface area contributed by atoms with Gasteiger partial charge in [0.1, 0.15) is 11.2 Å². The second kappa shape index (κ2) is 8.17. The largest absolute Gasteiger partial charge is 0.346 e. The third-order valence-corrected chi connectivity index (χ3v) is 5.23. The van der Waals surface area contributed by atoms with Crippen LogP contribution >= 0.6 is 11.3 Å². The number of aromatic nitrogens is 4. The van der Waals surface area contributed by atoms with Gasteiger partial charge in [0.05, 0.1) is 12.1 Å². The van der Waals surface area contributed by atoms with Gasteiger partial charge < -0.3 is 15.1 Å². The number of H-pyrrole nitrogens is 1. The van der Waals surface area contributed by atoms with Gasteiger partial charge in [0.25, 0.3) is 5.91 Å². The number of amides is 3. The number of thiazole rings is 1. The van der Waals surface area contributed by atoms with Crippen molar-refractivity contribution >= 4 is 23.3 Å². The Morgan fingerprint density at radius 2 is 2.29 bits per heavy atom. The Bertz CT molecular complexity index is 926. The van der Waals surface area contributed by atoms with Crippen LogP contribution in [0.25, 0.3) is 5.82 Å². The second-order valence-corrected chi connectivity index (χ2v) is 7.26. The molecule has 3 aromatic heterocycles. The minimum Gasteiger partial charge on any atom is -0.336 e. The molecule has 3 amide bonds. The number of hydrogen-bond donors (Lipinski definition) is 2. The summed E-state index contributed by atoms with van der Waals surface area (Å²) in [5.74, 6) is 0.562. The minimum atomic E-state index is -0.134. The monoisotopic (exact) mass is 398 g/mol. The lowest BCUT2D eigenvalue weighted by atomic mass is 10.2. The molecule has 0 bridgehead atoms. The molecule has 0 atom stereocenters. The van der Waals surface area contributed by atoms with Gasteiger partial charge in [-0.1, -0.05) is 0 Å². The average Bonchev–Trinajstić information content (AvgIpc) is 3.48. The van der Waals surface area contributed by atoms with Crippen LogP contribution in [0.15, 0.2) is 48.4 Å². The number of hydrogen-bond acceptors (Lipinski definition) is 5. The van der Waals surface area contributed by atoms with E-state index >= 15 is 0 Å². The number of aromatic amines is 1. The lowest BCUT2D eigenvalue weighted by Gasteiger charge is -2.24. The van der Waals surface area contributed by atoms with Gasteiger partial charge in [-0.15, -0.1) is 16.0 Å². The molecule has 9 nitrogen and oxygen atoms in total. The van der Waals surface area contributed by atoms with E-state index in [2.05, 4.69) is 20.4 Å². The molecule has 4 heterocycles. The number of nitrogens with one attached hydrogen (secondary N) is 2. The van der Waals surface area contributed by atoms with E-state index in [-0.39, 0.29) is 11.9 Å². The highest BCUT2D eigenvalue weighted by atomic mass is 32.1. The number of carbonyl (C=O) groups excluding carboxylic acids is 2. The molecule has 3 aromatic rings. The zero-order valence-corrected chi connectivity index (χ0v) is 15.9. The van der Waals surface area contributed by atoms with E-state index in [0.29, 0.717) is 44.1 Å². The van der Waals surface area contributed by atoms with Crippen LogP contribution in [0.5, 0.6) is 0 Å². The standard InChI is InChI=1S/C18H19N7O2S/c26-17(14-2-3-15(21-12-14)25-7-1-4-22-25)24(13-16-19-6-11-28-16)10-9-23-8-5-20-18(23)27/h1-4,6-7,11-12H,5,8-10,13H2,(H,20,27)/p+1. The van der Waals surface area contributed by atoms with E-state index in [4.69, 9.17) is 0 Å². The molecule has 0 aliphatic carbocycles. The molecular weight excluding hydrogens is 378 g/mol. The Kier molecular flexibility index (Phi) is 5.29. The molecule has 0 unspecified atom stereocenters. The smallest absolute Gasteiger partial charge is 0.336 e. The molecule has 1 aliphatic heterocycles. The van der Waals surface area contributed by atoms with Crippen molar-refractivity contribution in [2.45, 2.75) is 6.54 Å². The van der Waals surface area contributed by atoms with Crippen molar-refractivity contribution in [1.29, 1.82) is 0 Å². The molecule has 144 valence electrons. The van der Waals surface area contributed by atoms with E-state index in [1.54, 1.807) is 45.2 Å². The molecule has 1 fully saturated rings. The fraction of sp³-hybridized carbons (Fsp3) is 0.278. The van der Waals surface area contributed by atoms with Crippen LogP contribution in [0, 0.1) is 0 Å². The van der Waals surface area contributed by atoms with Gasteiger partial charge in [-0.2, -0.15) is 0 Å². The maximum Gasteiger partial charge on any atom is 0.346 e. The van der Waals surface area contributed by atoms with Gasteiger partial charge in [0.2, 0.25) is 0 Å². The molecule has 0 spiro atoms. The minimum absolute atomic E-state index is 0.0874. The van der Waals surface area contributed by atoms with Crippen molar-refractivity contribution in [1.82, 2.24) is 30.2 Å². The van der Waals surface area contributed by atoms with Crippen molar-refractivity contribution in [3.8, 4) is 5.82 Å². The molecule has 0 radical (unpaired) electrons. The number of carbonyl (C=O) groups is 2. The Morgan fingerprint density at radius 3 is 2.93 bits per heavy atom. The Morgan fingerprint density at radius 1 is 1.36 bits per heavy atom. The highest BCUT2D eigenvalue weighted by molar-refractivity contribution is 7.09. The first kappa shape index (κ1) is 18.1. The van der Waals surface area contributed by atoms with E-state index < -0.39 is 0 Å². The molecule has 4 rings (SSSR count). The summed E-state index contributed by atoms with van der Waals surface area (Å²) in [4.78, 5) is 36.9. The SMILES string of the molecule is O=C1NCCN1CCN(Cc1nccs1)C(=O)c1ccc(-[n+]2ccc[nH]2)nc1. The normalized spacial score (nSPS) is 13.6. The number of nitrogens with zero attached hydrogens (tertiary/aromatic N) is 5. The summed E-state index contributed by atoms with van der Waals surface area (Å²) in [6.07, 6.45) is 6.94. The fourth-order valence-electron chi connectivity index (χ4n) is 2.99. The predicted octanol–water partition coefficient (Wildman–Crippen LogP) is 0.810. The van der Waals surface area contributed by atoms with E-state index in [1.165, 1.54) is 11.3 Å². The summed E-state index contributed by atoms with van der Waals surface area (Å²) in [7, 11) is 0. The van der Waals surface area contributed by atoms with E-state index in [1.807, 2.05) is 17.6 Å². The van der Waals surface area contributed by atoms with Crippen LogP contribution in [-0.4, -0.2) is 63.0 Å². The lowest BCUT2D eigenvalue weighted by molar-refractivity contribution is -0.658. The number of pyridine rings is 1. The van der Waals surface area contributed by atoms with Crippen molar-refractivity contribution in [3.63, 3.8) is 0 Å². The fourth-order valence-corrected chi connectivity index (χ4v) is 3.62. The first-order chi connectivity index (χ1) is 13.7. The highest BCUT2D eigenvalue weighted by Crippen LogP contribution is 2.13. The number of urea groups is 1. The summed E-state index contributed by atoms with van der Waals surface area (Å²) in [6.45, 7) is 2.60. The second-order valence-electron chi connectivity index (χ2n) is 6.28. The summed E-state index contributed by atoms with van der Waals surface area (Å²) in [5.41, 5.74) is 0.498.